The molecule has 0 N–H and O–H groups in total. The first-order valence-corrected chi connectivity index (χ1v) is 5.61. The Kier molecular flexibility index (Phi) is 3.14. The maximum atomic E-state index is 12.7. The monoisotopic (exact) mass is 252 g/mol. The fourth-order valence-corrected chi connectivity index (χ4v) is 2.25. The van der Waals surface area contributed by atoms with Gasteiger partial charge in [-0.25, -0.2) is 14.2 Å². The maximum absolute atomic E-state index is 12.7. The van der Waals surface area contributed by atoms with Crippen molar-refractivity contribution >= 4 is 17.3 Å². The molecule has 0 saturated heterocycles. The van der Waals surface area contributed by atoms with Crippen LogP contribution in [0.3, 0.4) is 0 Å². The minimum absolute atomic E-state index is 0.407. The molecule has 0 aromatic carbocycles. The Labute approximate surface area is 101 Å². The number of rotatable bonds is 2. The molecule has 2 aromatic rings. The summed E-state index contributed by atoms with van der Waals surface area (Å²) in [7, 11) is 1.32. The van der Waals surface area contributed by atoms with E-state index in [9.17, 15) is 9.18 Å². The number of pyridine rings is 1. The van der Waals surface area contributed by atoms with E-state index >= 15 is 0 Å². The molecule has 4 nitrogen and oxygen atoms in total. The number of carbonyl (C=O) groups excluding carboxylic acids is 1. The van der Waals surface area contributed by atoms with E-state index in [1.54, 1.807) is 6.92 Å². The Bertz CT molecular complexity index is 551. The number of esters is 1. The van der Waals surface area contributed by atoms with E-state index in [2.05, 4.69) is 14.7 Å². The van der Waals surface area contributed by atoms with Crippen LogP contribution in [0.4, 0.5) is 4.39 Å². The SMILES string of the molecule is COC(=O)c1sc(-c2ccc(F)cn2)nc1C. The van der Waals surface area contributed by atoms with Crippen LogP contribution in [-0.2, 0) is 4.74 Å². The van der Waals surface area contributed by atoms with Crippen LogP contribution in [0.15, 0.2) is 18.3 Å². The molecule has 0 atom stereocenters. The minimum atomic E-state index is -0.423. The molecule has 0 fully saturated rings. The first-order valence-electron chi connectivity index (χ1n) is 4.79. The van der Waals surface area contributed by atoms with Crippen molar-refractivity contribution in [2.75, 3.05) is 7.11 Å². The van der Waals surface area contributed by atoms with Crippen molar-refractivity contribution in [2.24, 2.45) is 0 Å². The smallest absolute Gasteiger partial charge is 0.349 e. The van der Waals surface area contributed by atoms with E-state index in [0.29, 0.717) is 21.3 Å². The second-order valence-corrected chi connectivity index (χ2v) is 4.29. The molecule has 2 aromatic heterocycles. The number of thiazole rings is 1. The molecule has 6 heteroatoms. The maximum Gasteiger partial charge on any atom is 0.349 e. The summed E-state index contributed by atoms with van der Waals surface area (Å²) in [6, 6.07) is 2.82. The van der Waals surface area contributed by atoms with Gasteiger partial charge in [0.25, 0.3) is 0 Å². The van der Waals surface area contributed by atoms with Crippen LogP contribution in [0.2, 0.25) is 0 Å². The van der Waals surface area contributed by atoms with E-state index in [-0.39, 0.29) is 0 Å². The van der Waals surface area contributed by atoms with Crippen molar-refractivity contribution in [3.63, 3.8) is 0 Å². The van der Waals surface area contributed by atoms with Gasteiger partial charge in [0.1, 0.15) is 15.7 Å². The molecule has 0 amide bonds. The van der Waals surface area contributed by atoms with E-state index in [0.717, 1.165) is 6.20 Å². The molecule has 2 rings (SSSR count). The van der Waals surface area contributed by atoms with E-state index < -0.39 is 11.8 Å². The number of hydrogen-bond acceptors (Lipinski definition) is 5. The van der Waals surface area contributed by atoms with E-state index in [4.69, 9.17) is 0 Å². The molecule has 88 valence electrons. The van der Waals surface area contributed by atoms with Crippen LogP contribution in [0, 0.1) is 12.7 Å². The predicted octanol–water partition coefficient (Wildman–Crippen LogP) is 2.44. The fraction of sp³-hybridized carbons (Fsp3) is 0.182. The van der Waals surface area contributed by atoms with Crippen molar-refractivity contribution in [2.45, 2.75) is 6.92 Å². The highest BCUT2D eigenvalue weighted by atomic mass is 32.1. The molecule has 0 spiro atoms. The van der Waals surface area contributed by atoms with Crippen LogP contribution in [-0.4, -0.2) is 23.0 Å². The number of nitrogens with zero attached hydrogens (tertiary/aromatic N) is 2. The summed E-state index contributed by atoms with van der Waals surface area (Å²) >= 11 is 1.18. The van der Waals surface area contributed by atoms with Gasteiger partial charge in [-0.05, 0) is 19.1 Å². The van der Waals surface area contributed by atoms with Crippen LogP contribution >= 0.6 is 11.3 Å². The van der Waals surface area contributed by atoms with Gasteiger partial charge in [-0.1, -0.05) is 0 Å². The number of methoxy groups -OCH3 is 1. The number of hydrogen-bond donors (Lipinski definition) is 0. The van der Waals surface area contributed by atoms with Gasteiger partial charge in [0.15, 0.2) is 0 Å². The zero-order valence-electron chi connectivity index (χ0n) is 9.23. The summed E-state index contributed by atoms with van der Waals surface area (Å²) in [6.45, 7) is 1.72. The molecule has 0 unspecified atom stereocenters. The lowest BCUT2D eigenvalue weighted by molar-refractivity contribution is 0.0605. The molecule has 0 radical (unpaired) electrons. The largest absolute Gasteiger partial charge is 0.465 e. The van der Waals surface area contributed by atoms with Crippen molar-refractivity contribution in [1.82, 2.24) is 9.97 Å². The second-order valence-electron chi connectivity index (χ2n) is 3.29. The number of halogens is 1. The molecular formula is C11H9FN2O2S. The van der Waals surface area contributed by atoms with Crippen molar-refractivity contribution in [3.05, 3.63) is 34.7 Å². The third-order valence-corrected chi connectivity index (χ3v) is 3.27. The average molecular weight is 252 g/mol. The topological polar surface area (TPSA) is 52.1 Å². The van der Waals surface area contributed by atoms with Crippen LogP contribution in [0.1, 0.15) is 15.4 Å². The zero-order chi connectivity index (χ0) is 12.4. The van der Waals surface area contributed by atoms with Gasteiger partial charge in [-0.15, -0.1) is 11.3 Å². The number of aryl methyl sites for hydroxylation is 1. The second kappa shape index (κ2) is 4.58. The Balaban J connectivity index is 2.41. The zero-order valence-corrected chi connectivity index (χ0v) is 10.0. The lowest BCUT2D eigenvalue weighted by atomic mass is 10.3. The van der Waals surface area contributed by atoms with Crippen molar-refractivity contribution in [1.29, 1.82) is 0 Å². The van der Waals surface area contributed by atoms with Crippen molar-refractivity contribution in [3.8, 4) is 10.7 Å². The standard InChI is InChI=1S/C11H9FN2O2S/c1-6-9(11(15)16-2)17-10(14-6)8-4-3-7(12)5-13-8/h3-5H,1-2H3. The first-order chi connectivity index (χ1) is 8.11. The Hall–Kier alpha value is -1.82. The number of aromatic nitrogens is 2. The highest BCUT2D eigenvalue weighted by molar-refractivity contribution is 7.17. The molecule has 2 heterocycles. The Morgan fingerprint density at radius 3 is 2.82 bits per heavy atom. The van der Waals surface area contributed by atoms with Crippen LogP contribution in [0.25, 0.3) is 10.7 Å². The molecule has 17 heavy (non-hydrogen) atoms. The lowest BCUT2D eigenvalue weighted by Gasteiger charge is -1.94. The number of ether oxygens (including phenoxy) is 1. The molecule has 0 bridgehead atoms. The first kappa shape index (κ1) is 11.7. The van der Waals surface area contributed by atoms with Gasteiger partial charge in [-0.3, -0.25) is 4.98 Å². The van der Waals surface area contributed by atoms with E-state index in [1.807, 2.05) is 0 Å². The predicted molar refractivity (Wildman–Crippen MR) is 61.4 cm³/mol. The van der Waals surface area contributed by atoms with Gasteiger partial charge >= 0.3 is 5.97 Å². The summed E-state index contributed by atoms with van der Waals surface area (Å²) in [6.07, 6.45) is 1.11. The fourth-order valence-electron chi connectivity index (χ4n) is 1.29. The van der Waals surface area contributed by atoms with Crippen molar-refractivity contribution < 1.29 is 13.9 Å². The Morgan fingerprint density at radius 2 is 2.24 bits per heavy atom. The Morgan fingerprint density at radius 1 is 1.47 bits per heavy atom. The van der Waals surface area contributed by atoms with Crippen LogP contribution in [0.5, 0.6) is 0 Å². The highest BCUT2D eigenvalue weighted by Crippen LogP contribution is 2.26. The van der Waals surface area contributed by atoms with Gasteiger partial charge in [-0.2, -0.15) is 0 Å². The lowest BCUT2D eigenvalue weighted by Crippen LogP contribution is -1.99. The van der Waals surface area contributed by atoms with Crippen LogP contribution < -0.4 is 0 Å². The summed E-state index contributed by atoms with van der Waals surface area (Å²) in [5, 5.41) is 0.572. The molecular weight excluding hydrogens is 243 g/mol. The summed E-state index contributed by atoms with van der Waals surface area (Å²) in [5.74, 6) is -0.830. The summed E-state index contributed by atoms with van der Waals surface area (Å²) in [4.78, 5) is 20.0. The molecule has 0 aliphatic heterocycles. The van der Waals surface area contributed by atoms with E-state index in [1.165, 1.54) is 30.6 Å². The quantitative estimate of drug-likeness (QED) is 0.770. The third kappa shape index (κ3) is 2.31. The normalized spacial score (nSPS) is 10.3. The average Bonchev–Trinajstić information content (AvgIpc) is 2.71. The van der Waals surface area contributed by atoms with Gasteiger partial charge < -0.3 is 4.74 Å². The highest BCUT2D eigenvalue weighted by Gasteiger charge is 2.16. The van der Waals surface area contributed by atoms with Gasteiger partial charge in [0, 0.05) is 0 Å². The number of carbonyl (C=O) groups is 1. The summed E-state index contributed by atoms with van der Waals surface area (Å²) < 4.78 is 17.4. The molecule has 0 saturated carbocycles. The minimum Gasteiger partial charge on any atom is -0.465 e. The molecule has 0 aliphatic rings. The molecule has 0 aliphatic carbocycles. The van der Waals surface area contributed by atoms with Gasteiger partial charge in [0.2, 0.25) is 0 Å². The van der Waals surface area contributed by atoms with Gasteiger partial charge in [0.05, 0.1) is 24.7 Å². The third-order valence-electron chi connectivity index (χ3n) is 2.11. The summed E-state index contributed by atoms with van der Waals surface area (Å²) in [5.41, 5.74) is 1.12.